The minimum absolute atomic E-state index is 0.353. The van der Waals surface area contributed by atoms with E-state index in [2.05, 4.69) is 26.2 Å². The highest BCUT2D eigenvalue weighted by molar-refractivity contribution is 6.78. The second-order valence-corrected chi connectivity index (χ2v) is 9.95. The van der Waals surface area contributed by atoms with Crippen molar-refractivity contribution in [1.29, 1.82) is 0 Å². The van der Waals surface area contributed by atoms with E-state index in [4.69, 9.17) is 5.11 Å². The van der Waals surface area contributed by atoms with Crippen LogP contribution in [0.25, 0.3) is 0 Å². The molecule has 64 valence electrons. The van der Waals surface area contributed by atoms with Gasteiger partial charge in [0.05, 0.1) is 0 Å². The highest BCUT2D eigenvalue weighted by atomic mass is 28.3. The standard InChI is InChI=1S/C9H18OSi/c1-5-7-8(6-10)9(7)11(2,3)4/h5,7-10H,1,6H2,2-4H3/t7-,8+,9?/m0/s1. The first-order chi connectivity index (χ1) is 5.02. The van der Waals surface area contributed by atoms with Gasteiger partial charge in [0.15, 0.2) is 0 Å². The first kappa shape index (κ1) is 9.01. The summed E-state index contributed by atoms with van der Waals surface area (Å²) in [5, 5.41) is 9.02. The molecule has 2 heteroatoms. The first-order valence-electron chi connectivity index (χ1n) is 4.25. The van der Waals surface area contributed by atoms with Gasteiger partial charge in [0, 0.05) is 14.7 Å². The molecule has 0 aromatic carbocycles. The Morgan fingerprint density at radius 2 is 2.00 bits per heavy atom. The molecule has 1 rings (SSSR count). The highest BCUT2D eigenvalue weighted by Gasteiger charge is 2.53. The second-order valence-electron chi connectivity index (χ2n) is 4.55. The number of aliphatic hydroxyl groups excluding tert-OH is 1. The predicted octanol–water partition coefficient (Wildman–Crippen LogP) is 2.12. The van der Waals surface area contributed by atoms with Crippen molar-refractivity contribution in [1.82, 2.24) is 0 Å². The molecular formula is C9H18OSi. The lowest BCUT2D eigenvalue weighted by atomic mass is 10.3. The molecule has 1 saturated carbocycles. The fourth-order valence-corrected chi connectivity index (χ4v) is 5.22. The van der Waals surface area contributed by atoms with Crippen LogP contribution < -0.4 is 0 Å². The minimum atomic E-state index is -1.02. The van der Waals surface area contributed by atoms with Gasteiger partial charge in [0.1, 0.15) is 0 Å². The average Bonchev–Trinajstić information content (AvgIpc) is 2.58. The molecule has 3 atom stereocenters. The summed E-state index contributed by atoms with van der Waals surface area (Å²) in [5.74, 6) is 1.16. The van der Waals surface area contributed by atoms with Crippen molar-refractivity contribution in [2.45, 2.75) is 25.2 Å². The molecule has 1 aliphatic carbocycles. The van der Waals surface area contributed by atoms with Crippen molar-refractivity contribution in [2.75, 3.05) is 6.61 Å². The molecule has 0 bridgehead atoms. The summed E-state index contributed by atoms with van der Waals surface area (Å²) in [5.41, 5.74) is 0.782. The molecule has 0 aliphatic heterocycles. The van der Waals surface area contributed by atoms with Crippen molar-refractivity contribution < 1.29 is 5.11 Å². The topological polar surface area (TPSA) is 20.2 Å². The molecule has 1 fully saturated rings. The van der Waals surface area contributed by atoms with Crippen LogP contribution in [0, 0.1) is 11.8 Å². The molecule has 1 aliphatic rings. The van der Waals surface area contributed by atoms with Crippen molar-refractivity contribution in [3.05, 3.63) is 12.7 Å². The van der Waals surface area contributed by atoms with Gasteiger partial charge in [-0.15, -0.1) is 6.58 Å². The summed E-state index contributed by atoms with van der Waals surface area (Å²) in [4.78, 5) is 0. The average molecular weight is 170 g/mol. The molecule has 0 spiro atoms. The summed E-state index contributed by atoms with van der Waals surface area (Å²) in [6, 6.07) is 0. The van der Waals surface area contributed by atoms with Gasteiger partial charge in [-0.05, 0) is 17.4 Å². The molecule has 0 saturated heterocycles. The third-order valence-electron chi connectivity index (χ3n) is 2.71. The summed E-state index contributed by atoms with van der Waals surface area (Å²) >= 11 is 0. The van der Waals surface area contributed by atoms with Crippen LogP contribution in [-0.2, 0) is 0 Å². The Kier molecular flexibility index (Phi) is 2.26. The molecule has 0 aromatic rings. The van der Waals surface area contributed by atoms with E-state index in [0.717, 1.165) is 5.54 Å². The summed E-state index contributed by atoms with van der Waals surface area (Å²) in [6.07, 6.45) is 2.02. The van der Waals surface area contributed by atoms with Gasteiger partial charge < -0.3 is 5.11 Å². The number of allylic oxidation sites excluding steroid dienone is 1. The fraction of sp³-hybridized carbons (Fsp3) is 0.778. The molecule has 1 nitrogen and oxygen atoms in total. The lowest BCUT2D eigenvalue weighted by Crippen LogP contribution is -2.21. The Morgan fingerprint density at radius 3 is 2.09 bits per heavy atom. The van der Waals surface area contributed by atoms with Gasteiger partial charge in [-0.25, -0.2) is 0 Å². The Balaban J connectivity index is 2.58. The minimum Gasteiger partial charge on any atom is -0.396 e. The van der Waals surface area contributed by atoms with Crippen LogP contribution in [0.5, 0.6) is 0 Å². The van der Waals surface area contributed by atoms with Crippen molar-refractivity contribution in [3.8, 4) is 0 Å². The van der Waals surface area contributed by atoms with E-state index in [1.54, 1.807) is 0 Å². The Hall–Kier alpha value is -0.0831. The highest BCUT2D eigenvalue weighted by Crippen LogP contribution is 2.57. The van der Waals surface area contributed by atoms with Crippen molar-refractivity contribution >= 4 is 8.07 Å². The third-order valence-corrected chi connectivity index (χ3v) is 5.53. The Bertz CT molecular complexity index is 159. The molecule has 0 heterocycles. The maximum Gasteiger partial charge on any atom is 0.0484 e. The summed E-state index contributed by atoms with van der Waals surface area (Å²) in [7, 11) is -1.02. The van der Waals surface area contributed by atoms with Crippen LogP contribution in [-0.4, -0.2) is 19.8 Å². The van der Waals surface area contributed by atoms with Gasteiger partial charge in [0.25, 0.3) is 0 Å². The number of hydrogen-bond acceptors (Lipinski definition) is 1. The molecule has 1 N–H and O–H groups in total. The molecular weight excluding hydrogens is 152 g/mol. The summed E-state index contributed by atoms with van der Waals surface area (Å²) in [6.45, 7) is 11.2. The Morgan fingerprint density at radius 1 is 1.45 bits per heavy atom. The van der Waals surface area contributed by atoms with Gasteiger partial charge >= 0.3 is 0 Å². The van der Waals surface area contributed by atoms with Crippen LogP contribution in [0.1, 0.15) is 0 Å². The molecule has 0 radical (unpaired) electrons. The third kappa shape index (κ3) is 1.57. The summed E-state index contributed by atoms with van der Waals surface area (Å²) < 4.78 is 0. The van der Waals surface area contributed by atoms with Crippen molar-refractivity contribution in [3.63, 3.8) is 0 Å². The van der Waals surface area contributed by atoms with Crippen molar-refractivity contribution in [2.24, 2.45) is 11.8 Å². The van der Waals surface area contributed by atoms with Crippen LogP contribution in [0.4, 0.5) is 0 Å². The molecule has 0 aromatic heterocycles. The number of aliphatic hydroxyl groups is 1. The van der Waals surface area contributed by atoms with Gasteiger partial charge in [-0.1, -0.05) is 25.7 Å². The maximum atomic E-state index is 9.02. The largest absolute Gasteiger partial charge is 0.396 e. The van der Waals surface area contributed by atoms with Crippen LogP contribution in [0.2, 0.25) is 25.2 Å². The Labute approximate surface area is 70.1 Å². The van der Waals surface area contributed by atoms with E-state index in [1.807, 2.05) is 6.08 Å². The first-order valence-corrected chi connectivity index (χ1v) is 7.83. The quantitative estimate of drug-likeness (QED) is 0.508. The fourth-order valence-electron chi connectivity index (χ4n) is 2.18. The number of rotatable bonds is 3. The SMILES string of the molecule is C=C[C@@H]1C([Si](C)(C)C)[C@@H]1CO. The van der Waals surface area contributed by atoms with Crippen LogP contribution in [0.3, 0.4) is 0 Å². The van der Waals surface area contributed by atoms with Crippen LogP contribution >= 0.6 is 0 Å². The van der Waals surface area contributed by atoms with Gasteiger partial charge in [-0.3, -0.25) is 0 Å². The zero-order valence-electron chi connectivity index (χ0n) is 7.67. The van der Waals surface area contributed by atoms with E-state index in [-0.39, 0.29) is 0 Å². The lowest BCUT2D eigenvalue weighted by Gasteiger charge is -2.15. The normalized spacial score (nSPS) is 36.9. The van der Waals surface area contributed by atoms with Gasteiger partial charge in [0.2, 0.25) is 0 Å². The molecule has 0 amide bonds. The van der Waals surface area contributed by atoms with E-state index < -0.39 is 8.07 Å². The zero-order valence-corrected chi connectivity index (χ0v) is 8.67. The smallest absolute Gasteiger partial charge is 0.0484 e. The van der Waals surface area contributed by atoms with E-state index in [0.29, 0.717) is 18.4 Å². The lowest BCUT2D eigenvalue weighted by molar-refractivity contribution is 0.272. The van der Waals surface area contributed by atoms with Crippen LogP contribution in [0.15, 0.2) is 12.7 Å². The number of hydrogen-bond donors (Lipinski definition) is 1. The second kappa shape index (κ2) is 2.76. The van der Waals surface area contributed by atoms with E-state index in [9.17, 15) is 0 Å². The van der Waals surface area contributed by atoms with Gasteiger partial charge in [-0.2, -0.15) is 0 Å². The molecule has 11 heavy (non-hydrogen) atoms. The van der Waals surface area contributed by atoms with E-state index >= 15 is 0 Å². The maximum absolute atomic E-state index is 9.02. The molecule has 1 unspecified atom stereocenters. The monoisotopic (exact) mass is 170 g/mol. The van der Waals surface area contributed by atoms with E-state index in [1.165, 1.54) is 0 Å². The predicted molar refractivity (Wildman–Crippen MR) is 51.4 cm³/mol. The zero-order chi connectivity index (χ0) is 8.65.